The van der Waals surface area contributed by atoms with Gasteiger partial charge in [-0.2, -0.15) is 0 Å². The zero-order chi connectivity index (χ0) is 19.4. The molecular formula is C20H27N3O3S. The SMILES string of the molecule is COC(=O)[C@@H](CC(C)C)NC(=O)N1CCC(c2nc3ccccc3s2)CC1. The number of esters is 1. The Kier molecular flexibility index (Phi) is 6.31. The van der Waals surface area contributed by atoms with Gasteiger partial charge in [-0.15, -0.1) is 11.3 Å². The van der Waals surface area contributed by atoms with Gasteiger partial charge in [-0.3, -0.25) is 0 Å². The van der Waals surface area contributed by atoms with Gasteiger partial charge in [-0.25, -0.2) is 14.6 Å². The summed E-state index contributed by atoms with van der Waals surface area (Å²) in [6.07, 6.45) is 2.35. The van der Waals surface area contributed by atoms with Crippen LogP contribution < -0.4 is 5.32 Å². The Bertz CT molecular complexity index is 764. The van der Waals surface area contributed by atoms with Crippen molar-refractivity contribution < 1.29 is 14.3 Å². The van der Waals surface area contributed by atoms with Crippen LogP contribution in [0.15, 0.2) is 24.3 Å². The highest BCUT2D eigenvalue weighted by atomic mass is 32.1. The van der Waals surface area contributed by atoms with Gasteiger partial charge in [0.2, 0.25) is 0 Å². The van der Waals surface area contributed by atoms with E-state index in [9.17, 15) is 9.59 Å². The van der Waals surface area contributed by atoms with E-state index in [0.29, 0.717) is 31.3 Å². The molecule has 1 aromatic heterocycles. The first-order chi connectivity index (χ1) is 13.0. The topological polar surface area (TPSA) is 71.5 Å². The van der Waals surface area contributed by atoms with Crippen LogP contribution in [0.3, 0.4) is 0 Å². The number of hydrogen-bond acceptors (Lipinski definition) is 5. The summed E-state index contributed by atoms with van der Waals surface area (Å²) in [6, 6.07) is 7.40. The Morgan fingerprint density at radius 2 is 2.00 bits per heavy atom. The maximum absolute atomic E-state index is 12.6. The quantitative estimate of drug-likeness (QED) is 0.790. The number of thiazole rings is 1. The maximum atomic E-state index is 12.6. The molecule has 2 aromatic rings. The van der Waals surface area contributed by atoms with E-state index in [1.165, 1.54) is 11.8 Å². The van der Waals surface area contributed by atoms with Crippen LogP contribution in [0.4, 0.5) is 4.79 Å². The Balaban J connectivity index is 1.57. The molecule has 1 aliphatic rings. The zero-order valence-corrected chi connectivity index (χ0v) is 16.9. The lowest BCUT2D eigenvalue weighted by atomic mass is 9.97. The van der Waals surface area contributed by atoms with Crippen LogP contribution in [0, 0.1) is 5.92 Å². The summed E-state index contributed by atoms with van der Waals surface area (Å²) in [5, 5.41) is 4.00. The van der Waals surface area contributed by atoms with Crippen LogP contribution in [0.1, 0.15) is 44.0 Å². The number of carbonyl (C=O) groups excluding carboxylic acids is 2. The van der Waals surface area contributed by atoms with E-state index in [1.807, 2.05) is 32.0 Å². The second-order valence-corrected chi connectivity index (χ2v) is 8.50. The molecule has 6 nitrogen and oxygen atoms in total. The van der Waals surface area contributed by atoms with E-state index < -0.39 is 6.04 Å². The van der Waals surface area contributed by atoms with Crippen molar-refractivity contribution in [2.75, 3.05) is 20.2 Å². The summed E-state index contributed by atoms with van der Waals surface area (Å²) in [5.41, 5.74) is 1.05. The average molecular weight is 390 g/mol. The van der Waals surface area contributed by atoms with E-state index >= 15 is 0 Å². The van der Waals surface area contributed by atoms with E-state index in [2.05, 4.69) is 11.4 Å². The third kappa shape index (κ3) is 4.77. The van der Waals surface area contributed by atoms with E-state index in [4.69, 9.17) is 9.72 Å². The number of rotatable bonds is 5. The number of nitrogens with one attached hydrogen (secondary N) is 1. The smallest absolute Gasteiger partial charge is 0.328 e. The van der Waals surface area contributed by atoms with Gasteiger partial charge in [-0.05, 0) is 37.3 Å². The lowest BCUT2D eigenvalue weighted by Crippen LogP contribution is -2.50. The lowest BCUT2D eigenvalue weighted by Gasteiger charge is -2.32. The van der Waals surface area contributed by atoms with Crippen molar-refractivity contribution in [3.05, 3.63) is 29.3 Å². The highest BCUT2D eigenvalue weighted by Crippen LogP contribution is 2.33. The molecule has 7 heteroatoms. The summed E-state index contributed by atoms with van der Waals surface area (Å²) in [7, 11) is 1.35. The number of amides is 2. The number of para-hydroxylation sites is 1. The molecule has 0 spiro atoms. The van der Waals surface area contributed by atoms with E-state index in [1.54, 1.807) is 16.2 Å². The van der Waals surface area contributed by atoms with Crippen LogP contribution in [0.2, 0.25) is 0 Å². The van der Waals surface area contributed by atoms with Gasteiger partial charge in [0.05, 0.1) is 22.3 Å². The monoisotopic (exact) mass is 389 g/mol. The summed E-state index contributed by atoms with van der Waals surface area (Å²) >= 11 is 1.75. The van der Waals surface area contributed by atoms with Gasteiger partial charge in [0, 0.05) is 19.0 Å². The van der Waals surface area contributed by atoms with Crippen LogP contribution in [-0.4, -0.2) is 48.1 Å². The molecule has 1 aliphatic heterocycles. The molecule has 2 amide bonds. The van der Waals surface area contributed by atoms with Crippen LogP contribution in [0.25, 0.3) is 10.2 Å². The number of piperidine rings is 1. The number of fused-ring (bicyclic) bond motifs is 1. The first-order valence-corrected chi connectivity index (χ1v) is 10.3. The third-order valence-corrected chi connectivity index (χ3v) is 6.13. The molecular weight excluding hydrogens is 362 g/mol. The van der Waals surface area contributed by atoms with Gasteiger partial charge < -0.3 is 15.0 Å². The molecule has 1 saturated heterocycles. The molecule has 1 aromatic carbocycles. The normalized spacial score (nSPS) is 16.5. The molecule has 146 valence electrons. The number of likely N-dealkylation sites (tertiary alicyclic amines) is 1. The van der Waals surface area contributed by atoms with Gasteiger partial charge in [0.1, 0.15) is 6.04 Å². The van der Waals surface area contributed by atoms with Crippen LogP contribution >= 0.6 is 11.3 Å². The second kappa shape index (κ2) is 8.69. The Morgan fingerprint density at radius 1 is 1.30 bits per heavy atom. The third-order valence-electron chi connectivity index (χ3n) is 4.93. The van der Waals surface area contributed by atoms with Crippen molar-refractivity contribution in [3.8, 4) is 0 Å². The summed E-state index contributed by atoms with van der Waals surface area (Å²) in [4.78, 5) is 31.1. The number of aromatic nitrogens is 1. The predicted molar refractivity (Wildman–Crippen MR) is 107 cm³/mol. The molecule has 0 bridgehead atoms. The molecule has 0 aliphatic carbocycles. The van der Waals surface area contributed by atoms with Crippen LogP contribution in [-0.2, 0) is 9.53 Å². The number of methoxy groups -OCH3 is 1. The molecule has 2 heterocycles. The number of carbonyl (C=O) groups is 2. The largest absolute Gasteiger partial charge is 0.467 e. The average Bonchev–Trinajstić information content (AvgIpc) is 3.10. The molecule has 1 N–H and O–H groups in total. The van der Waals surface area contributed by atoms with E-state index in [-0.39, 0.29) is 12.0 Å². The second-order valence-electron chi connectivity index (χ2n) is 7.44. The van der Waals surface area contributed by atoms with Gasteiger partial charge in [-0.1, -0.05) is 26.0 Å². The highest BCUT2D eigenvalue weighted by Gasteiger charge is 2.29. The highest BCUT2D eigenvalue weighted by molar-refractivity contribution is 7.18. The number of nitrogens with zero attached hydrogens (tertiary/aromatic N) is 2. The molecule has 1 fully saturated rings. The molecule has 0 saturated carbocycles. The van der Waals surface area contributed by atoms with Crippen molar-refractivity contribution in [2.45, 2.75) is 45.1 Å². The summed E-state index contributed by atoms with van der Waals surface area (Å²) in [5.74, 6) is 0.291. The van der Waals surface area contributed by atoms with E-state index in [0.717, 1.165) is 23.4 Å². The maximum Gasteiger partial charge on any atom is 0.328 e. The molecule has 0 radical (unpaired) electrons. The predicted octanol–water partition coefficient (Wildman–Crippen LogP) is 3.77. The fourth-order valence-corrected chi connectivity index (χ4v) is 4.60. The Morgan fingerprint density at radius 3 is 2.63 bits per heavy atom. The van der Waals surface area contributed by atoms with Gasteiger partial charge >= 0.3 is 12.0 Å². The number of hydrogen-bond donors (Lipinski definition) is 1. The molecule has 1 atom stereocenters. The first kappa shape index (κ1) is 19.6. The number of ether oxygens (including phenoxy) is 1. The number of urea groups is 1. The van der Waals surface area contributed by atoms with Crippen molar-refractivity contribution >= 4 is 33.6 Å². The standard InChI is InChI=1S/C20H27N3O3S/c1-13(2)12-16(19(24)26-3)22-20(25)23-10-8-14(9-11-23)18-21-15-6-4-5-7-17(15)27-18/h4-7,13-14,16H,8-12H2,1-3H3,(H,22,25)/t16-/m1/s1. The minimum atomic E-state index is -0.593. The zero-order valence-electron chi connectivity index (χ0n) is 16.1. The van der Waals surface area contributed by atoms with Crippen molar-refractivity contribution in [1.29, 1.82) is 0 Å². The summed E-state index contributed by atoms with van der Waals surface area (Å²) < 4.78 is 6.04. The first-order valence-electron chi connectivity index (χ1n) is 9.46. The minimum absolute atomic E-state index is 0.186. The van der Waals surface area contributed by atoms with Gasteiger partial charge in [0.25, 0.3) is 0 Å². The summed E-state index contributed by atoms with van der Waals surface area (Å²) in [6.45, 7) is 5.38. The fourth-order valence-electron chi connectivity index (χ4n) is 3.46. The molecule has 27 heavy (non-hydrogen) atoms. The molecule has 0 unspecified atom stereocenters. The van der Waals surface area contributed by atoms with Crippen molar-refractivity contribution in [1.82, 2.24) is 15.2 Å². The number of benzene rings is 1. The Labute approximate surface area is 163 Å². The van der Waals surface area contributed by atoms with Gasteiger partial charge in [0.15, 0.2) is 0 Å². The van der Waals surface area contributed by atoms with Crippen molar-refractivity contribution in [3.63, 3.8) is 0 Å². The Hall–Kier alpha value is -2.15. The fraction of sp³-hybridized carbons (Fsp3) is 0.550. The minimum Gasteiger partial charge on any atom is -0.467 e. The van der Waals surface area contributed by atoms with Crippen LogP contribution in [0.5, 0.6) is 0 Å². The molecule has 3 rings (SSSR count). The lowest BCUT2D eigenvalue weighted by molar-refractivity contribution is -0.143. The van der Waals surface area contributed by atoms with Crippen molar-refractivity contribution in [2.24, 2.45) is 5.92 Å².